The second kappa shape index (κ2) is 9.08. The van der Waals surface area contributed by atoms with Crippen molar-refractivity contribution in [2.45, 2.75) is 20.4 Å². The van der Waals surface area contributed by atoms with Crippen molar-refractivity contribution in [3.63, 3.8) is 0 Å². The highest BCUT2D eigenvalue weighted by molar-refractivity contribution is 7.07. The molecule has 24 heavy (non-hydrogen) atoms. The van der Waals surface area contributed by atoms with Crippen molar-refractivity contribution < 1.29 is 14.3 Å². The predicted octanol–water partition coefficient (Wildman–Crippen LogP) is 3.61. The van der Waals surface area contributed by atoms with Gasteiger partial charge < -0.3 is 14.4 Å². The smallest absolute Gasteiger partial charge is 0.246 e. The Labute approximate surface area is 146 Å². The molecule has 1 aromatic carbocycles. The van der Waals surface area contributed by atoms with E-state index in [1.54, 1.807) is 29.6 Å². The van der Waals surface area contributed by atoms with Gasteiger partial charge in [-0.2, -0.15) is 0 Å². The second-order valence-electron chi connectivity index (χ2n) is 5.08. The third kappa shape index (κ3) is 5.09. The van der Waals surface area contributed by atoms with Crippen molar-refractivity contribution in [1.29, 1.82) is 0 Å². The van der Waals surface area contributed by atoms with Crippen LogP contribution in [0.4, 0.5) is 0 Å². The lowest BCUT2D eigenvalue weighted by molar-refractivity contribution is -0.125. The molecule has 0 N–H and O–H groups in total. The minimum Gasteiger partial charge on any atom is -0.490 e. The molecular weight excluding hydrogens is 324 g/mol. The molecule has 0 aliphatic rings. The van der Waals surface area contributed by atoms with Gasteiger partial charge in [0.1, 0.15) is 0 Å². The van der Waals surface area contributed by atoms with Crippen molar-refractivity contribution >= 4 is 23.3 Å². The molecule has 0 saturated heterocycles. The topological polar surface area (TPSA) is 51.7 Å². The van der Waals surface area contributed by atoms with E-state index in [1.165, 1.54) is 11.3 Å². The summed E-state index contributed by atoms with van der Waals surface area (Å²) >= 11 is 1.52. The molecule has 1 aromatic heterocycles. The van der Waals surface area contributed by atoms with Crippen LogP contribution < -0.4 is 9.47 Å². The molecule has 0 saturated carbocycles. The molecule has 1 heterocycles. The van der Waals surface area contributed by atoms with Crippen molar-refractivity contribution in [2.75, 3.05) is 20.3 Å². The Kier molecular flexibility index (Phi) is 6.81. The molecule has 0 radical (unpaired) electrons. The average Bonchev–Trinajstić information content (AvgIpc) is 3.08. The fraction of sp³-hybridized carbons (Fsp3) is 0.333. The molecule has 0 unspecified atom stereocenters. The molecular formula is C18H22N2O3S. The quantitative estimate of drug-likeness (QED) is 0.685. The first-order chi connectivity index (χ1) is 11.6. The van der Waals surface area contributed by atoms with Crippen molar-refractivity contribution in [2.24, 2.45) is 0 Å². The Balaban J connectivity index is 2.04. The average molecular weight is 346 g/mol. The number of ether oxygens (including phenoxy) is 2. The van der Waals surface area contributed by atoms with Crippen LogP contribution >= 0.6 is 11.3 Å². The number of likely N-dealkylation sites (N-methyl/N-ethyl adjacent to an activating group) is 1. The van der Waals surface area contributed by atoms with E-state index in [-0.39, 0.29) is 5.91 Å². The maximum absolute atomic E-state index is 12.2. The molecule has 1 amide bonds. The summed E-state index contributed by atoms with van der Waals surface area (Å²) in [5.41, 5.74) is 3.54. The van der Waals surface area contributed by atoms with Gasteiger partial charge >= 0.3 is 0 Å². The van der Waals surface area contributed by atoms with Crippen molar-refractivity contribution in [3.8, 4) is 11.5 Å². The van der Waals surface area contributed by atoms with Crippen LogP contribution in [0.1, 0.15) is 25.1 Å². The van der Waals surface area contributed by atoms with Gasteiger partial charge in [-0.3, -0.25) is 4.79 Å². The molecule has 0 aliphatic carbocycles. The summed E-state index contributed by atoms with van der Waals surface area (Å²) in [7, 11) is 1.76. The second-order valence-corrected chi connectivity index (χ2v) is 5.80. The zero-order valence-corrected chi connectivity index (χ0v) is 15.0. The monoisotopic (exact) mass is 346 g/mol. The fourth-order valence-electron chi connectivity index (χ4n) is 2.10. The molecule has 0 fully saturated rings. The van der Waals surface area contributed by atoms with Gasteiger partial charge in [-0.15, -0.1) is 11.3 Å². The Morgan fingerprint density at radius 1 is 1.25 bits per heavy atom. The van der Waals surface area contributed by atoms with Gasteiger partial charge in [0.05, 0.1) is 31.0 Å². The van der Waals surface area contributed by atoms with Gasteiger partial charge in [0.2, 0.25) is 5.91 Å². The molecule has 0 aliphatic heterocycles. The zero-order chi connectivity index (χ0) is 17.4. The first-order valence-electron chi connectivity index (χ1n) is 7.84. The summed E-state index contributed by atoms with van der Waals surface area (Å²) in [4.78, 5) is 18.0. The lowest BCUT2D eigenvalue weighted by Crippen LogP contribution is -2.24. The van der Waals surface area contributed by atoms with E-state index < -0.39 is 0 Å². The molecule has 2 rings (SSSR count). The van der Waals surface area contributed by atoms with E-state index in [4.69, 9.17) is 9.47 Å². The minimum atomic E-state index is -0.0742. The highest BCUT2D eigenvalue weighted by Crippen LogP contribution is 2.29. The first kappa shape index (κ1) is 18.0. The Bertz CT molecular complexity index is 684. The van der Waals surface area contributed by atoms with Crippen LogP contribution in [0.5, 0.6) is 11.5 Å². The number of carbonyl (C=O) groups excluding carboxylic acids is 1. The summed E-state index contributed by atoms with van der Waals surface area (Å²) in [5, 5.41) is 1.94. The zero-order valence-electron chi connectivity index (χ0n) is 14.2. The predicted molar refractivity (Wildman–Crippen MR) is 96.4 cm³/mol. The molecule has 0 bridgehead atoms. The third-order valence-electron chi connectivity index (χ3n) is 3.24. The molecule has 6 heteroatoms. The van der Waals surface area contributed by atoms with Crippen molar-refractivity contribution in [3.05, 3.63) is 46.4 Å². The van der Waals surface area contributed by atoms with Gasteiger partial charge in [-0.1, -0.05) is 6.07 Å². The standard InChI is InChI=1S/C18H22N2O3S/c1-4-22-16-8-6-14(10-17(16)23-5-2)7-9-18(21)20(3)11-15-12-24-13-19-15/h6-10,12-13H,4-5,11H2,1-3H3/b9-7-. The van der Waals surface area contributed by atoms with E-state index in [0.717, 1.165) is 11.3 Å². The van der Waals surface area contributed by atoms with Gasteiger partial charge in [0.15, 0.2) is 11.5 Å². The molecule has 0 spiro atoms. The number of thiazole rings is 1. The van der Waals surface area contributed by atoms with Crippen molar-refractivity contribution in [1.82, 2.24) is 9.88 Å². The molecule has 0 atom stereocenters. The van der Waals surface area contributed by atoms with E-state index in [9.17, 15) is 4.79 Å². The summed E-state index contributed by atoms with van der Waals surface area (Å²) in [5.74, 6) is 1.32. The number of hydrogen-bond acceptors (Lipinski definition) is 5. The van der Waals surface area contributed by atoms with Crippen LogP contribution in [-0.2, 0) is 11.3 Å². The normalized spacial score (nSPS) is 10.8. The third-order valence-corrected chi connectivity index (χ3v) is 3.88. The van der Waals surface area contributed by atoms with Gasteiger partial charge in [-0.05, 0) is 37.6 Å². The van der Waals surface area contributed by atoms with E-state index in [1.807, 2.05) is 37.4 Å². The molecule has 128 valence electrons. The lowest BCUT2D eigenvalue weighted by Gasteiger charge is -2.13. The lowest BCUT2D eigenvalue weighted by atomic mass is 10.2. The maximum atomic E-state index is 12.2. The van der Waals surface area contributed by atoms with E-state index in [2.05, 4.69) is 4.98 Å². The maximum Gasteiger partial charge on any atom is 0.246 e. The highest BCUT2D eigenvalue weighted by Gasteiger charge is 2.08. The van der Waals surface area contributed by atoms with Gasteiger partial charge in [0.25, 0.3) is 0 Å². The number of benzene rings is 1. The Morgan fingerprint density at radius 2 is 2.00 bits per heavy atom. The molecule has 5 nitrogen and oxygen atoms in total. The molecule has 2 aromatic rings. The summed E-state index contributed by atoms with van der Waals surface area (Å²) in [6.07, 6.45) is 3.33. The number of hydrogen-bond donors (Lipinski definition) is 0. The summed E-state index contributed by atoms with van der Waals surface area (Å²) < 4.78 is 11.1. The van der Waals surface area contributed by atoms with Gasteiger partial charge in [-0.25, -0.2) is 4.98 Å². The van der Waals surface area contributed by atoms with Crippen LogP contribution in [0.25, 0.3) is 6.08 Å². The SMILES string of the molecule is CCOc1ccc(/C=C\C(=O)N(C)Cc2cscn2)cc1OCC. The van der Waals surface area contributed by atoms with E-state index >= 15 is 0 Å². The number of rotatable bonds is 8. The summed E-state index contributed by atoms with van der Waals surface area (Å²) in [6, 6.07) is 5.63. The van der Waals surface area contributed by atoms with Crippen LogP contribution in [0.2, 0.25) is 0 Å². The van der Waals surface area contributed by atoms with Crippen LogP contribution in [0.3, 0.4) is 0 Å². The van der Waals surface area contributed by atoms with Crippen LogP contribution in [0, 0.1) is 0 Å². The van der Waals surface area contributed by atoms with Crippen LogP contribution in [-0.4, -0.2) is 36.1 Å². The first-order valence-corrected chi connectivity index (χ1v) is 8.78. The largest absolute Gasteiger partial charge is 0.490 e. The number of amides is 1. The minimum absolute atomic E-state index is 0.0742. The highest BCUT2D eigenvalue weighted by atomic mass is 32.1. The number of nitrogens with zero attached hydrogens (tertiary/aromatic N) is 2. The van der Waals surface area contributed by atoms with E-state index in [0.29, 0.717) is 31.3 Å². The number of carbonyl (C=O) groups is 1. The summed E-state index contributed by atoms with van der Waals surface area (Å²) in [6.45, 7) is 5.49. The Morgan fingerprint density at radius 3 is 2.67 bits per heavy atom. The van der Waals surface area contributed by atoms with Gasteiger partial charge in [0, 0.05) is 18.5 Å². The Hall–Kier alpha value is -2.34. The fourth-order valence-corrected chi connectivity index (χ4v) is 2.65. The number of aromatic nitrogens is 1. The van der Waals surface area contributed by atoms with Crippen LogP contribution in [0.15, 0.2) is 35.2 Å².